The summed E-state index contributed by atoms with van der Waals surface area (Å²) in [5.41, 5.74) is 1.27. The van der Waals surface area contributed by atoms with Crippen LogP contribution in [0.15, 0.2) is 57.4 Å². The Labute approximate surface area is 131 Å². The highest BCUT2D eigenvalue weighted by Gasteiger charge is 2.11. The zero-order valence-electron chi connectivity index (χ0n) is 12.1. The third-order valence-corrected chi connectivity index (χ3v) is 4.15. The molecule has 0 spiro atoms. The van der Waals surface area contributed by atoms with Crippen LogP contribution in [-0.4, -0.2) is 20.7 Å². The number of furan rings is 1. The summed E-state index contributed by atoms with van der Waals surface area (Å²) in [5, 5.41) is 11.5. The predicted octanol–water partition coefficient (Wildman–Crippen LogP) is 3.12. The molecule has 1 N–H and O–H groups in total. The summed E-state index contributed by atoms with van der Waals surface area (Å²) in [6.45, 7) is 1.76. The lowest BCUT2D eigenvalue weighted by atomic mass is 10.2. The molecule has 2 aromatic heterocycles. The van der Waals surface area contributed by atoms with Gasteiger partial charge in [-0.2, -0.15) is 0 Å². The molecule has 0 fully saturated rings. The van der Waals surface area contributed by atoms with Crippen molar-refractivity contribution >= 4 is 23.4 Å². The molecule has 0 atom stereocenters. The zero-order valence-corrected chi connectivity index (χ0v) is 12.9. The molecule has 0 saturated heterocycles. The van der Waals surface area contributed by atoms with Gasteiger partial charge in [-0.25, -0.2) is 0 Å². The first-order chi connectivity index (χ1) is 10.6. The summed E-state index contributed by atoms with van der Waals surface area (Å²) in [4.78, 5) is 13.1. The van der Waals surface area contributed by atoms with Crippen LogP contribution in [-0.2, 0) is 7.05 Å². The van der Waals surface area contributed by atoms with E-state index in [1.165, 1.54) is 18.0 Å². The number of aryl methyl sites for hydroxylation is 2. The number of hydrogen-bond donors (Lipinski definition) is 1. The topological polar surface area (TPSA) is 73.0 Å². The number of carbonyl (C=O) groups is 1. The molecule has 6 nitrogen and oxygen atoms in total. The lowest BCUT2D eigenvalue weighted by molar-refractivity contribution is 0.102. The van der Waals surface area contributed by atoms with Crippen molar-refractivity contribution in [3.63, 3.8) is 0 Å². The molecule has 3 rings (SSSR count). The highest BCUT2D eigenvalue weighted by Crippen LogP contribution is 2.26. The summed E-state index contributed by atoms with van der Waals surface area (Å²) in [6, 6.07) is 9.22. The SMILES string of the molecule is Cc1occc1C(=O)Nc1ccc(Sc2nncn2C)cc1. The average Bonchev–Trinajstić information content (AvgIpc) is 3.10. The second-order valence-corrected chi connectivity index (χ2v) is 5.74. The van der Waals surface area contributed by atoms with Gasteiger partial charge < -0.3 is 14.3 Å². The Kier molecular flexibility index (Phi) is 3.97. The van der Waals surface area contributed by atoms with E-state index in [4.69, 9.17) is 4.42 Å². The molecule has 3 aromatic rings. The number of nitrogens with zero attached hydrogens (tertiary/aromatic N) is 3. The van der Waals surface area contributed by atoms with Crippen LogP contribution in [0.5, 0.6) is 0 Å². The number of hydrogen-bond acceptors (Lipinski definition) is 5. The summed E-state index contributed by atoms with van der Waals surface area (Å²) in [7, 11) is 1.89. The molecule has 0 bridgehead atoms. The van der Waals surface area contributed by atoms with E-state index < -0.39 is 0 Å². The van der Waals surface area contributed by atoms with E-state index in [0.29, 0.717) is 11.3 Å². The summed E-state index contributed by atoms with van der Waals surface area (Å²) >= 11 is 1.51. The van der Waals surface area contributed by atoms with Crippen LogP contribution < -0.4 is 5.32 Å². The van der Waals surface area contributed by atoms with Gasteiger partial charge in [0, 0.05) is 17.6 Å². The molecule has 0 unspecified atom stereocenters. The van der Waals surface area contributed by atoms with Crippen molar-refractivity contribution in [3.05, 3.63) is 54.2 Å². The molecule has 0 saturated carbocycles. The second kappa shape index (κ2) is 6.07. The van der Waals surface area contributed by atoms with Crippen molar-refractivity contribution in [2.75, 3.05) is 5.32 Å². The Morgan fingerprint density at radius 1 is 1.27 bits per heavy atom. The predicted molar refractivity (Wildman–Crippen MR) is 83.0 cm³/mol. The Balaban J connectivity index is 1.68. The molecule has 2 heterocycles. The van der Waals surface area contributed by atoms with E-state index in [0.717, 1.165) is 15.7 Å². The van der Waals surface area contributed by atoms with E-state index in [2.05, 4.69) is 15.5 Å². The van der Waals surface area contributed by atoms with Gasteiger partial charge in [-0.1, -0.05) is 0 Å². The van der Waals surface area contributed by atoms with Gasteiger partial charge in [0.15, 0.2) is 5.16 Å². The largest absolute Gasteiger partial charge is 0.469 e. The number of carbonyl (C=O) groups excluding carboxylic acids is 1. The maximum Gasteiger partial charge on any atom is 0.259 e. The fraction of sp³-hybridized carbons (Fsp3) is 0.133. The normalized spacial score (nSPS) is 10.6. The van der Waals surface area contributed by atoms with Crippen LogP contribution >= 0.6 is 11.8 Å². The molecule has 1 amide bonds. The van der Waals surface area contributed by atoms with Crippen molar-refractivity contribution in [3.8, 4) is 0 Å². The highest BCUT2D eigenvalue weighted by molar-refractivity contribution is 7.99. The first kappa shape index (κ1) is 14.4. The Hall–Kier alpha value is -2.54. The van der Waals surface area contributed by atoms with Gasteiger partial charge in [0.1, 0.15) is 12.1 Å². The molecule has 22 heavy (non-hydrogen) atoms. The van der Waals surface area contributed by atoms with Crippen LogP contribution in [0, 0.1) is 6.92 Å². The minimum Gasteiger partial charge on any atom is -0.469 e. The van der Waals surface area contributed by atoms with Crippen LogP contribution in [0.2, 0.25) is 0 Å². The number of nitrogens with one attached hydrogen (secondary N) is 1. The molecular weight excluding hydrogens is 300 g/mol. The molecule has 1 aromatic carbocycles. The lowest BCUT2D eigenvalue weighted by Crippen LogP contribution is -2.11. The molecule has 0 radical (unpaired) electrons. The van der Waals surface area contributed by atoms with Crippen LogP contribution in [0.1, 0.15) is 16.1 Å². The standard InChI is InChI=1S/C15H14N4O2S/c1-10-13(7-8-21-10)14(20)17-11-3-5-12(6-4-11)22-15-18-16-9-19(15)2/h3-9H,1-2H3,(H,17,20). The number of aromatic nitrogens is 3. The molecule has 0 aliphatic rings. The minimum absolute atomic E-state index is 0.181. The van der Waals surface area contributed by atoms with E-state index in [1.54, 1.807) is 19.3 Å². The number of benzene rings is 1. The molecule has 0 aliphatic carbocycles. The van der Waals surface area contributed by atoms with Gasteiger partial charge in [-0.3, -0.25) is 4.79 Å². The maximum absolute atomic E-state index is 12.1. The summed E-state index contributed by atoms with van der Waals surface area (Å²) in [6.07, 6.45) is 3.16. The van der Waals surface area contributed by atoms with E-state index in [-0.39, 0.29) is 5.91 Å². The fourth-order valence-corrected chi connectivity index (χ4v) is 2.66. The van der Waals surface area contributed by atoms with E-state index in [9.17, 15) is 4.79 Å². The smallest absolute Gasteiger partial charge is 0.259 e. The average molecular weight is 314 g/mol. The van der Waals surface area contributed by atoms with Crippen molar-refractivity contribution < 1.29 is 9.21 Å². The Morgan fingerprint density at radius 3 is 2.64 bits per heavy atom. The van der Waals surface area contributed by atoms with Gasteiger partial charge in [-0.05, 0) is 49.0 Å². The van der Waals surface area contributed by atoms with E-state index in [1.807, 2.05) is 35.9 Å². The Morgan fingerprint density at radius 2 is 2.05 bits per heavy atom. The molecule has 7 heteroatoms. The van der Waals surface area contributed by atoms with Crippen LogP contribution in [0.3, 0.4) is 0 Å². The molecule has 112 valence electrons. The van der Waals surface area contributed by atoms with Crippen molar-refractivity contribution in [1.82, 2.24) is 14.8 Å². The van der Waals surface area contributed by atoms with Gasteiger partial charge in [0.2, 0.25) is 0 Å². The van der Waals surface area contributed by atoms with Crippen molar-refractivity contribution in [2.45, 2.75) is 17.0 Å². The van der Waals surface area contributed by atoms with Crippen LogP contribution in [0.25, 0.3) is 0 Å². The number of amides is 1. The minimum atomic E-state index is -0.181. The third-order valence-electron chi connectivity index (χ3n) is 3.09. The van der Waals surface area contributed by atoms with Gasteiger partial charge >= 0.3 is 0 Å². The second-order valence-electron chi connectivity index (χ2n) is 4.70. The van der Waals surface area contributed by atoms with Gasteiger partial charge in [0.25, 0.3) is 5.91 Å². The first-order valence-corrected chi connectivity index (χ1v) is 7.42. The number of rotatable bonds is 4. The first-order valence-electron chi connectivity index (χ1n) is 6.61. The maximum atomic E-state index is 12.1. The number of anilines is 1. The monoisotopic (exact) mass is 314 g/mol. The highest BCUT2D eigenvalue weighted by atomic mass is 32.2. The van der Waals surface area contributed by atoms with Gasteiger partial charge in [0.05, 0.1) is 11.8 Å². The quantitative estimate of drug-likeness (QED) is 0.801. The fourth-order valence-electron chi connectivity index (χ4n) is 1.90. The van der Waals surface area contributed by atoms with E-state index >= 15 is 0 Å². The third kappa shape index (κ3) is 3.04. The lowest BCUT2D eigenvalue weighted by Gasteiger charge is -2.06. The van der Waals surface area contributed by atoms with Crippen molar-refractivity contribution in [1.29, 1.82) is 0 Å². The van der Waals surface area contributed by atoms with Crippen molar-refractivity contribution in [2.24, 2.45) is 7.05 Å². The summed E-state index contributed by atoms with van der Waals surface area (Å²) in [5.74, 6) is 0.423. The van der Waals surface area contributed by atoms with Crippen LogP contribution in [0.4, 0.5) is 5.69 Å². The molecule has 0 aliphatic heterocycles. The summed E-state index contributed by atoms with van der Waals surface area (Å²) < 4.78 is 6.98. The Bertz CT molecular complexity index is 792. The van der Waals surface area contributed by atoms with Gasteiger partial charge in [-0.15, -0.1) is 10.2 Å². The molecular formula is C15H14N4O2S. The zero-order chi connectivity index (χ0) is 15.5.